The van der Waals surface area contributed by atoms with E-state index in [9.17, 15) is 4.79 Å². The smallest absolute Gasteiger partial charge is 0.227 e. The van der Waals surface area contributed by atoms with Crippen molar-refractivity contribution in [3.05, 3.63) is 22.4 Å². The second kappa shape index (κ2) is 7.38. The summed E-state index contributed by atoms with van der Waals surface area (Å²) in [5, 5.41) is 8.64. The molecule has 1 aromatic rings. The number of amides is 1. The molecule has 2 atom stereocenters. The lowest BCUT2D eigenvalue weighted by molar-refractivity contribution is -0.130. The Kier molecular flexibility index (Phi) is 5.79. The maximum atomic E-state index is 12.7. The van der Waals surface area contributed by atoms with Crippen LogP contribution in [0.4, 0.5) is 0 Å². The first-order valence-electron chi connectivity index (χ1n) is 7.78. The predicted molar refractivity (Wildman–Crippen MR) is 88.6 cm³/mol. The van der Waals surface area contributed by atoms with Gasteiger partial charge in [0.15, 0.2) is 0 Å². The Morgan fingerprint density at radius 1 is 1.57 bits per heavy atom. The van der Waals surface area contributed by atoms with E-state index in [-0.39, 0.29) is 17.4 Å². The van der Waals surface area contributed by atoms with E-state index < -0.39 is 0 Å². The van der Waals surface area contributed by atoms with Crippen LogP contribution >= 0.6 is 11.3 Å². The van der Waals surface area contributed by atoms with Crippen LogP contribution in [-0.4, -0.2) is 44.5 Å². The van der Waals surface area contributed by atoms with Crippen LogP contribution in [0, 0.1) is 5.41 Å². The van der Waals surface area contributed by atoms with Crippen molar-refractivity contribution in [2.75, 3.05) is 33.7 Å². The van der Waals surface area contributed by atoms with E-state index in [2.05, 4.69) is 54.1 Å². The Hall–Kier alpha value is -0.910. The fourth-order valence-electron chi connectivity index (χ4n) is 3.14. The summed E-state index contributed by atoms with van der Waals surface area (Å²) < 4.78 is 0. The molecule has 1 aliphatic rings. The number of hydrogen-bond acceptors (Lipinski definition) is 4. The average Bonchev–Trinajstić information content (AvgIpc) is 3.10. The molecule has 1 aliphatic heterocycles. The molecule has 2 unspecified atom stereocenters. The number of thiophene rings is 1. The summed E-state index contributed by atoms with van der Waals surface area (Å²) in [4.78, 5) is 16.2. The molecule has 0 bridgehead atoms. The third-order valence-electron chi connectivity index (χ3n) is 4.40. The van der Waals surface area contributed by atoms with Gasteiger partial charge in [0, 0.05) is 18.0 Å². The Morgan fingerprint density at radius 3 is 2.90 bits per heavy atom. The van der Waals surface area contributed by atoms with Gasteiger partial charge in [0.1, 0.15) is 0 Å². The van der Waals surface area contributed by atoms with Crippen molar-refractivity contribution >= 4 is 17.2 Å². The van der Waals surface area contributed by atoms with Gasteiger partial charge in [-0.05, 0) is 44.9 Å². The molecule has 2 rings (SSSR count). The van der Waals surface area contributed by atoms with Crippen LogP contribution in [0.3, 0.4) is 0 Å². The molecule has 1 amide bonds. The largest absolute Gasteiger partial charge is 0.354 e. The summed E-state index contributed by atoms with van der Waals surface area (Å²) in [6.45, 7) is 4.60. The third-order valence-corrected chi connectivity index (χ3v) is 5.38. The Labute approximate surface area is 131 Å². The molecule has 118 valence electrons. The molecule has 0 saturated carbocycles. The number of carbonyl (C=O) groups is 1. The summed E-state index contributed by atoms with van der Waals surface area (Å²) in [6, 6.07) is 4.46. The van der Waals surface area contributed by atoms with Crippen LogP contribution in [0.5, 0.6) is 0 Å². The van der Waals surface area contributed by atoms with Gasteiger partial charge in [-0.1, -0.05) is 19.4 Å². The van der Waals surface area contributed by atoms with Crippen LogP contribution in [0.2, 0.25) is 0 Å². The van der Waals surface area contributed by atoms with Gasteiger partial charge in [0.2, 0.25) is 5.91 Å². The quantitative estimate of drug-likeness (QED) is 0.812. The van der Waals surface area contributed by atoms with Crippen LogP contribution in [0.1, 0.15) is 37.1 Å². The van der Waals surface area contributed by atoms with E-state index in [0.717, 1.165) is 32.4 Å². The van der Waals surface area contributed by atoms with Crippen LogP contribution in [0.25, 0.3) is 0 Å². The highest BCUT2D eigenvalue weighted by Gasteiger charge is 2.40. The highest BCUT2D eigenvalue weighted by Crippen LogP contribution is 2.31. The van der Waals surface area contributed by atoms with E-state index in [1.54, 1.807) is 11.3 Å². The molecule has 2 N–H and O–H groups in total. The Balaban J connectivity index is 1.98. The number of likely N-dealkylation sites (N-methyl/N-ethyl adjacent to an activating group) is 1. The minimum absolute atomic E-state index is 0.193. The number of hydrogen-bond donors (Lipinski definition) is 2. The summed E-state index contributed by atoms with van der Waals surface area (Å²) in [5.41, 5.74) is -0.193. The highest BCUT2D eigenvalue weighted by atomic mass is 32.1. The first-order valence-corrected chi connectivity index (χ1v) is 8.66. The van der Waals surface area contributed by atoms with Gasteiger partial charge in [0.05, 0.1) is 11.5 Å². The molecule has 0 aliphatic carbocycles. The standard InChI is InChI=1S/C16H27N3OS/c1-4-7-16(8-9-17-12-16)15(20)18-11-13(19(2)3)14-6-5-10-21-14/h5-6,10,13,17H,4,7-9,11-12H2,1-3H3,(H,18,20). The normalized spacial score (nSPS) is 23.4. The molecule has 1 fully saturated rings. The maximum Gasteiger partial charge on any atom is 0.227 e. The fraction of sp³-hybridized carbons (Fsp3) is 0.688. The first-order chi connectivity index (χ1) is 10.1. The average molecular weight is 309 g/mol. The zero-order chi connectivity index (χ0) is 15.3. The lowest BCUT2D eigenvalue weighted by Gasteiger charge is -2.29. The van der Waals surface area contributed by atoms with Gasteiger partial charge in [-0.25, -0.2) is 0 Å². The van der Waals surface area contributed by atoms with E-state index in [1.165, 1.54) is 4.88 Å². The fourth-order valence-corrected chi connectivity index (χ4v) is 4.06. The number of nitrogens with one attached hydrogen (secondary N) is 2. The molecular weight excluding hydrogens is 282 g/mol. The van der Waals surface area contributed by atoms with Gasteiger partial charge in [-0.2, -0.15) is 0 Å². The van der Waals surface area contributed by atoms with Gasteiger partial charge >= 0.3 is 0 Å². The van der Waals surface area contributed by atoms with Gasteiger partial charge in [-0.3, -0.25) is 4.79 Å². The van der Waals surface area contributed by atoms with Crippen molar-refractivity contribution in [2.24, 2.45) is 5.41 Å². The van der Waals surface area contributed by atoms with Crippen molar-refractivity contribution in [2.45, 2.75) is 32.2 Å². The molecule has 0 spiro atoms. The number of carbonyl (C=O) groups excluding carboxylic acids is 1. The van der Waals surface area contributed by atoms with Crippen molar-refractivity contribution in [3.8, 4) is 0 Å². The third kappa shape index (κ3) is 3.84. The zero-order valence-corrected chi connectivity index (χ0v) is 14.1. The summed E-state index contributed by atoms with van der Waals surface area (Å²) in [6.07, 6.45) is 2.98. The molecule has 1 aromatic heterocycles. The molecule has 0 radical (unpaired) electrons. The molecule has 21 heavy (non-hydrogen) atoms. The van der Waals surface area contributed by atoms with Crippen LogP contribution in [0.15, 0.2) is 17.5 Å². The molecule has 0 aromatic carbocycles. The van der Waals surface area contributed by atoms with E-state index in [0.29, 0.717) is 6.54 Å². The highest BCUT2D eigenvalue weighted by molar-refractivity contribution is 7.10. The SMILES string of the molecule is CCCC1(C(=O)NCC(c2cccs2)N(C)C)CCNC1. The minimum atomic E-state index is -0.193. The van der Waals surface area contributed by atoms with Crippen LogP contribution in [-0.2, 0) is 4.79 Å². The van der Waals surface area contributed by atoms with E-state index >= 15 is 0 Å². The predicted octanol–water partition coefficient (Wildman–Crippen LogP) is 2.25. The Bertz CT molecular complexity index is 438. The topological polar surface area (TPSA) is 44.4 Å². The monoisotopic (exact) mass is 309 g/mol. The summed E-state index contributed by atoms with van der Waals surface area (Å²) in [5.74, 6) is 0.220. The lowest BCUT2D eigenvalue weighted by Crippen LogP contribution is -2.45. The molecule has 1 saturated heterocycles. The number of nitrogens with zero attached hydrogens (tertiary/aromatic N) is 1. The van der Waals surface area contributed by atoms with E-state index in [4.69, 9.17) is 0 Å². The second-order valence-corrected chi connectivity index (χ2v) is 7.14. The molecular formula is C16H27N3OS. The lowest BCUT2D eigenvalue weighted by atomic mass is 9.81. The minimum Gasteiger partial charge on any atom is -0.354 e. The molecule has 5 heteroatoms. The summed E-state index contributed by atoms with van der Waals surface area (Å²) >= 11 is 1.75. The second-order valence-electron chi connectivity index (χ2n) is 6.16. The Morgan fingerprint density at radius 2 is 2.38 bits per heavy atom. The zero-order valence-electron chi connectivity index (χ0n) is 13.3. The maximum absolute atomic E-state index is 12.7. The van der Waals surface area contributed by atoms with Gasteiger partial charge < -0.3 is 15.5 Å². The van der Waals surface area contributed by atoms with Crippen molar-refractivity contribution < 1.29 is 4.79 Å². The van der Waals surface area contributed by atoms with Gasteiger partial charge in [-0.15, -0.1) is 11.3 Å². The van der Waals surface area contributed by atoms with Crippen LogP contribution < -0.4 is 10.6 Å². The molecule has 4 nitrogen and oxygen atoms in total. The van der Waals surface area contributed by atoms with E-state index in [1.807, 2.05) is 0 Å². The van der Waals surface area contributed by atoms with Gasteiger partial charge in [0.25, 0.3) is 0 Å². The van der Waals surface area contributed by atoms with Crippen molar-refractivity contribution in [1.29, 1.82) is 0 Å². The first kappa shape index (κ1) is 16.5. The van der Waals surface area contributed by atoms with Crippen molar-refractivity contribution in [3.63, 3.8) is 0 Å². The molecule has 2 heterocycles. The summed E-state index contributed by atoms with van der Waals surface area (Å²) in [7, 11) is 4.13. The number of rotatable bonds is 7. The van der Waals surface area contributed by atoms with Crippen molar-refractivity contribution in [1.82, 2.24) is 15.5 Å².